The lowest BCUT2D eigenvalue weighted by Gasteiger charge is -2.24. The maximum absolute atomic E-state index is 12.7. The van der Waals surface area contributed by atoms with Crippen molar-refractivity contribution < 1.29 is 47.2 Å². The fraction of sp³-hybridized carbons (Fsp3) is 0.727. The van der Waals surface area contributed by atoms with Crippen LogP contribution in [0.2, 0.25) is 0 Å². The number of likely N-dealkylation sites (N-methyl/N-ethyl adjacent to an activating group) is 1. The molecule has 3 atom stereocenters. The molecule has 10 nitrogen and oxygen atoms in total. The van der Waals surface area contributed by atoms with Crippen LogP contribution in [0.15, 0.2) is 60.8 Å². The van der Waals surface area contributed by atoms with E-state index in [4.69, 9.17) is 18.5 Å². The number of carbonyl (C=O) groups is 2. The largest absolute Gasteiger partial charge is 0.472 e. The Kier molecular flexibility index (Phi) is 34.5. The Morgan fingerprint density at radius 1 is 0.673 bits per heavy atom. The molecule has 0 aliphatic carbocycles. The summed E-state index contributed by atoms with van der Waals surface area (Å²) in [5.41, 5.74) is 0. The zero-order valence-corrected chi connectivity index (χ0v) is 36.1. The van der Waals surface area contributed by atoms with Crippen molar-refractivity contribution in [2.45, 2.75) is 161 Å². The van der Waals surface area contributed by atoms with Gasteiger partial charge in [-0.25, -0.2) is 4.57 Å². The van der Waals surface area contributed by atoms with E-state index >= 15 is 0 Å². The monoisotopic (exact) mass is 797 g/mol. The van der Waals surface area contributed by atoms with Crippen molar-refractivity contribution in [2.75, 3.05) is 47.5 Å². The molecule has 318 valence electrons. The molecule has 0 fully saturated rings. The molecule has 0 amide bonds. The molecule has 0 aliphatic heterocycles. The number of aliphatic hydroxyl groups is 1. The number of hydrogen-bond acceptors (Lipinski definition) is 8. The van der Waals surface area contributed by atoms with Crippen LogP contribution in [0, 0.1) is 0 Å². The van der Waals surface area contributed by atoms with Crippen LogP contribution >= 0.6 is 7.82 Å². The minimum atomic E-state index is -4.39. The van der Waals surface area contributed by atoms with Crippen LogP contribution in [0.5, 0.6) is 0 Å². The maximum Gasteiger partial charge on any atom is 0.472 e. The lowest BCUT2D eigenvalue weighted by Crippen LogP contribution is -2.37. The van der Waals surface area contributed by atoms with E-state index in [1.165, 1.54) is 57.8 Å². The van der Waals surface area contributed by atoms with Crippen molar-refractivity contribution in [1.29, 1.82) is 0 Å². The second-order valence-electron chi connectivity index (χ2n) is 15.2. The first-order chi connectivity index (χ1) is 26.4. The summed E-state index contributed by atoms with van der Waals surface area (Å²) in [6.45, 7) is 4.09. The van der Waals surface area contributed by atoms with E-state index in [-0.39, 0.29) is 26.1 Å². The van der Waals surface area contributed by atoms with Gasteiger partial charge in [-0.3, -0.25) is 18.6 Å². The van der Waals surface area contributed by atoms with Gasteiger partial charge in [0.15, 0.2) is 6.10 Å². The highest BCUT2D eigenvalue weighted by Crippen LogP contribution is 2.43. The fourth-order valence-corrected chi connectivity index (χ4v) is 6.05. The zero-order chi connectivity index (χ0) is 40.9. The summed E-state index contributed by atoms with van der Waals surface area (Å²) in [5, 5.41) is 9.76. The van der Waals surface area contributed by atoms with E-state index in [2.05, 4.69) is 31.2 Å². The topological polar surface area (TPSA) is 129 Å². The first kappa shape index (κ1) is 52.7. The van der Waals surface area contributed by atoms with Gasteiger partial charge < -0.3 is 24.0 Å². The van der Waals surface area contributed by atoms with Crippen LogP contribution in [0.1, 0.15) is 149 Å². The van der Waals surface area contributed by atoms with Crippen molar-refractivity contribution >= 4 is 19.8 Å². The van der Waals surface area contributed by atoms with Crippen molar-refractivity contribution in [3.63, 3.8) is 0 Å². The van der Waals surface area contributed by atoms with Crippen LogP contribution in [0.3, 0.4) is 0 Å². The predicted octanol–water partition coefficient (Wildman–Crippen LogP) is 10.7. The number of phosphoric ester groups is 1. The quantitative estimate of drug-likeness (QED) is 0.0158. The number of esters is 2. The van der Waals surface area contributed by atoms with Gasteiger partial charge in [0, 0.05) is 12.8 Å². The number of allylic oxidation sites excluding steroid dienone is 8. The molecular weight excluding hydrogens is 717 g/mol. The second-order valence-corrected chi connectivity index (χ2v) is 16.7. The van der Waals surface area contributed by atoms with Gasteiger partial charge >= 0.3 is 19.8 Å². The Labute approximate surface area is 335 Å². The van der Waals surface area contributed by atoms with Gasteiger partial charge in [0.25, 0.3) is 0 Å². The van der Waals surface area contributed by atoms with E-state index in [9.17, 15) is 24.2 Å². The molecule has 0 saturated carbocycles. The number of carbonyl (C=O) groups excluding carboxylic acids is 2. The standard InChI is InChI=1S/C44H78NO9P/c1-6-8-10-11-12-13-14-15-20-23-26-29-32-36-44(48)54-42(40-53-55(49,50)52-38-37-45(3,4)5)39-51-43(47)35-31-28-25-22-19-17-16-18-21-24-27-30-34-41(46)33-9-7-2/h9,16-17,21-22,24-25,27,30,33,41-42,46H,6-8,10-15,18-20,23,26,28-29,31-32,34-40H2,1-5H3/p+1/b17-16-,24-21-,25-22-,30-27+,33-9-/t41?,42-/m1/s1. The molecule has 2 unspecified atom stereocenters. The molecule has 2 N–H and O–H groups in total. The number of hydrogen-bond donors (Lipinski definition) is 2. The van der Waals surface area contributed by atoms with Gasteiger partial charge in [0.05, 0.1) is 33.9 Å². The second kappa shape index (κ2) is 36.0. The third kappa shape index (κ3) is 39.7. The van der Waals surface area contributed by atoms with E-state index in [1.807, 2.05) is 64.5 Å². The fourth-order valence-electron chi connectivity index (χ4n) is 5.30. The highest BCUT2D eigenvalue weighted by Gasteiger charge is 2.27. The summed E-state index contributed by atoms with van der Waals surface area (Å²) >= 11 is 0. The lowest BCUT2D eigenvalue weighted by atomic mass is 10.0. The van der Waals surface area contributed by atoms with Crippen molar-refractivity contribution in [1.82, 2.24) is 0 Å². The Morgan fingerprint density at radius 2 is 1.24 bits per heavy atom. The van der Waals surface area contributed by atoms with Crippen molar-refractivity contribution in [3.8, 4) is 0 Å². The van der Waals surface area contributed by atoms with E-state index in [0.717, 1.165) is 38.5 Å². The molecule has 55 heavy (non-hydrogen) atoms. The van der Waals surface area contributed by atoms with Crippen LogP contribution in [0.25, 0.3) is 0 Å². The number of rotatable bonds is 37. The van der Waals surface area contributed by atoms with Gasteiger partial charge in [-0.15, -0.1) is 0 Å². The smallest absolute Gasteiger partial charge is 0.462 e. The Bertz CT molecular complexity index is 1140. The van der Waals surface area contributed by atoms with Crippen molar-refractivity contribution in [2.24, 2.45) is 0 Å². The van der Waals surface area contributed by atoms with Gasteiger partial charge in [0.1, 0.15) is 19.8 Å². The summed E-state index contributed by atoms with van der Waals surface area (Å²) in [5.74, 6) is -0.893. The molecule has 0 aromatic heterocycles. The molecular formula is C44H79NO9P+. The number of nitrogens with zero attached hydrogens (tertiary/aromatic N) is 1. The minimum Gasteiger partial charge on any atom is -0.462 e. The molecule has 11 heteroatoms. The first-order valence-electron chi connectivity index (χ1n) is 21.1. The normalized spacial score (nSPS) is 14.8. The van der Waals surface area contributed by atoms with Crippen LogP contribution < -0.4 is 0 Å². The molecule has 0 saturated heterocycles. The average Bonchev–Trinajstić information content (AvgIpc) is 3.13. The molecule has 0 aliphatic rings. The minimum absolute atomic E-state index is 0.0144. The number of aliphatic hydroxyl groups excluding tert-OH is 1. The first-order valence-corrected chi connectivity index (χ1v) is 22.6. The Balaban J connectivity index is 4.51. The lowest BCUT2D eigenvalue weighted by molar-refractivity contribution is -0.870. The number of ether oxygens (including phenoxy) is 2. The van der Waals surface area contributed by atoms with E-state index in [1.54, 1.807) is 0 Å². The van der Waals surface area contributed by atoms with Gasteiger partial charge in [0.2, 0.25) is 0 Å². The van der Waals surface area contributed by atoms with Crippen LogP contribution in [-0.4, -0.2) is 86.1 Å². The summed E-state index contributed by atoms with van der Waals surface area (Å²) in [6, 6.07) is 0. The summed E-state index contributed by atoms with van der Waals surface area (Å²) in [6.07, 6.45) is 39.0. The molecule has 0 aromatic carbocycles. The number of quaternary nitrogens is 1. The van der Waals surface area contributed by atoms with E-state index in [0.29, 0.717) is 36.7 Å². The number of phosphoric acid groups is 1. The molecule has 0 aromatic rings. The van der Waals surface area contributed by atoms with E-state index < -0.39 is 38.6 Å². The molecule has 0 bridgehead atoms. The third-order valence-electron chi connectivity index (χ3n) is 8.64. The predicted molar refractivity (Wildman–Crippen MR) is 225 cm³/mol. The molecule has 0 radical (unpaired) electrons. The van der Waals surface area contributed by atoms with Gasteiger partial charge in [-0.05, 0) is 44.9 Å². The number of unbranched alkanes of at least 4 members (excludes halogenated alkanes) is 13. The Morgan fingerprint density at radius 3 is 1.85 bits per heavy atom. The summed E-state index contributed by atoms with van der Waals surface area (Å²) in [7, 11) is 1.42. The van der Waals surface area contributed by atoms with Crippen LogP contribution in [-0.2, 0) is 32.7 Å². The van der Waals surface area contributed by atoms with Gasteiger partial charge in [-0.2, -0.15) is 0 Å². The van der Waals surface area contributed by atoms with Crippen molar-refractivity contribution in [3.05, 3.63) is 60.8 Å². The Hall–Kier alpha value is -2.33. The highest BCUT2D eigenvalue weighted by molar-refractivity contribution is 7.47. The summed E-state index contributed by atoms with van der Waals surface area (Å²) < 4.78 is 34.2. The van der Waals surface area contributed by atoms with Gasteiger partial charge in [-0.1, -0.05) is 152 Å². The highest BCUT2D eigenvalue weighted by atomic mass is 31.2. The molecule has 0 rings (SSSR count). The average molecular weight is 797 g/mol. The zero-order valence-electron chi connectivity index (χ0n) is 35.3. The molecule has 0 spiro atoms. The maximum atomic E-state index is 12.7. The SMILES string of the molecule is CC/C=C\C(O)C/C=C/C=C\C/C=C\C/C=C\CCCC(=O)OC[C@H](COP(=O)(O)OCC[N+](C)(C)C)OC(=O)CCCCCCCCCCCCCCC. The molecule has 0 heterocycles. The van der Waals surface area contributed by atoms with Crippen LogP contribution in [0.4, 0.5) is 0 Å². The third-order valence-corrected chi connectivity index (χ3v) is 9.62. The summed E-state index contributed by atoms with van der Waals surface area (Å²) in [4.78, 5) is 35.3.